The number of aliphatic carboxylic acids is 1. The van der Waals surface area contributed by atoms with Crippen molar-refractivity contribution in [3.05, 3.63) is 35.9 Å². The van der Waals surface area contributed by atoms with E-state index >= 15 is 0 Å². The Labute approximate surface area is 124 Å². The van der Waals surface area contributed by atoms with Gasteiger partial charge < -0.3 is 15.2 Å². The molecule has 5 nitrogen and oxygen atoms in total. The Bertz CT molecular complexity index is 493. The van der Waals surface area contributed by atoms with Gasteiger partial charge in [-0.25, -0.2) is 4.79 Å². The molecular weight excluding hydrogens is 270 g/mol. The van der Waals surface area contributed by atoms with Gasteiger partial charge in [-0.15, -0.1) is 12.3 Å². The molecule has 0 fully saturated rings. The minimum atomic E-state index is -1.07. The number of rotatable bonds is 9. The highest BCUT2D eigenvalue weighted by atomic mass is 16.5. The average Bonchev–Trinajstić information content (AvgIpc) is 2.47. The van der Waals surface area contributed by atoms with E-state index in [4.69, 9.17) is 16.3 Å². The Morgan fingerprint density at radius 2 is 2.05 bits per heavy atom. The van der Waals surface area contributed by atoms with Gasteiger partial charge in [0.25, 0.3) is 0 Å². The summed E-state index contributed by atoms with van der Waals surface area (Å²) in [6, 6.07) is 8.50. The second-order valence-corrected chi connectivity index (χ2v) is 4.53. The Kier molecular flexibility index (Phi) is 7.62. The standard InChI is InChI=1S/C16H19NO4/c1-2-3-5-10-14(16(19)20)17-15(18)12-21-11-13-8-6-4-7-9-13/h1,4,6-9,14H,3,5,10-12H2,(H,17,18)(H,19,20)/t14-/m1/s1. The number of hydrogen-bond acceptors (Lipinski definition) is 3. The van der Waals surface area contributed by atoms with Crippen LogP contribution in [0.2, 0.25) is 0 Å². The highest BCUT2D eigenvalue weighted by Gasteiger charge is 2.19. The highest BCUT2D eigenvalue weighted by molar-refractivity contribution is 5.84. The van der Waals surface area contributed by atoms with Crippen molar-refractivity contribution in [1.82, 2.24) is 5.32 Å². The maximum Gasteiger partial charge on any atom is 0.326 e. The van der Waals surface area contributed by atoms with Crippen LogP contribution in [0.5, 0.6) is 0 Å². The fourth-order valence-corrected chi connectivity index (χ4v) is 1.74. The molecule has 2 N–H and O–H groups in total. The van der Waals surface area contributed by atoms with Crippen LogP contribution < -0.4 is 5.32 Å². The van der Waals surface area contributed by atoms with Gasteiger partial charge in [-0.3, -0.25) is 4.79 Å². The van der Waals surface area contributed by atoms with Gasteiger partial charge >= 0.3 is 5.97 Å². The topological polar surface area (TPSA) is 75.6 Å². The van der Waals surface area contributed by atoms with Crippen molar-refractivity contribution in [2.75, 3.05) is 6.61 Å². The molecule has 21 heavy (non-hydrogen) atoms. The van der Waals surface area contributed by atoms with Crippen LogP contribution in [-0.4, -0.2) is 29.6 Å². The molecule has 0 aliphatic rings. The molecule has 0 unspecified atom stereocenters. The quantitative estimate of drug-likeness (QED) is 0.534. The summed E-state index contributed by atoms with van der Waals surface area (Å²) < 4.78 is 5.25. The number of benzene rings is 1. The largest absolute Gasteiger partial charge is 0.480 e. The third-order valence-electron chi connectivity index (χ3n) is 2.79. The normalized spacial score (nSPS) is 11.4. The summed E-state index contributed by atoms with van der Waals surface area (Å²) in [4.78, 5) is 22.7. The van der Waals surface area contributed by atoms with E-state index in [-0.39, 0.29) is 6.61 Å². The molecule has 1 aromatic rings. The maximum absolute atomic E-state index is 11.6. The molecule has 0 saturated carbocycles. The number of amides is 1. The summed E-state index contributed by atoms with van der Waals surface area (Å²) in [6.45, 7) is 0.136. The van der Waals surface area contributed by atoms with Gasteiger partial charge in [-0.1, -0.05) is 30.3 Å². The average molecular weight is 289 g/mol. The summed E-state index contributed by atoms with van der Waals surface area (Å²) in [6.07, 6.45) is 6.46. The van der Waals surface area contributed by atoms with Gasteiger partial charge in [0.05, 0.1) is 6.61 Å². The lowest BCUT2D eigenvalue weighted by molar-refractivity contribution is -0.142. The minimum absolute atomic E-state index is 0.173. The van der Waals surface area contributed by atoms with Crippen molar-refractivity contribution in [3.63, 3.8) is 0 Å². The van der Waals surface area contributed by atoms with E-state index < -0.39 is 17.9 Å². The van der Waals surface area contributed by atoms with Gasteiger partial charge in [0.2, 0.25) is 5.91 Å². The first kappa shape index (κ1) is 16.7. The Morgan fingerprint density at radius 1 is 1.33 bits per heavy atom. The first-order valence-electron chi connectivity index (χ1n) is 6.70. The minimum Gasteiger partial charge on any atom is -0.480 e. The highest BCUT2D eigenvalue weighted by Crippen LogP contribution is 2.02. The van der Waals surface area contributed by atoms with Crippen molar-refractivity contribution in [2.24, 2.45) is 0 Å². The fourth-order valence-electron chi connectivity index (χ4n) is 1.74. The lowest BCUT2D eigenvalue weighted by Gasteiger charge is -2.14. The molecule has 112 valence electrons. The summed E-state index contributed by atoms with van der Waals surface area (Å²) >= 11 is 0. The second kappa shape index (κ2) is 9.56. The molecular formula is C16H19NO4. The van der Waals surface area contributed by atoms with Crippen molar-refractivity contribution < 1.29 is 19.4 Å². The van der Waals surface area contributed by atoms with E-state index in [2.05, 4.69) is 11.2 Å². The molecule has 0 spiro atoms. The molecule has 0 bridgehead atoms. The summed E-state index contributed by atoms with van der Waals surface area (Å²) in [7, 11) is 0. The Balaban J connectivity index is 2.30. The lowest BCUT2D eigenvalue weighted by atomic mass is 10.1. The van der Waals surface area contributed by atoms with Gasteiger partial charge in [0.15, 0.2) is 0 Å². The molecule has 1 atom stereocenters. The van der Waals surface area contributed by atoms with Crippen LogP contribution in [0.25, 0.3) is 0 Å². The third kappa shape index (κ3) is 7.14. The van der Waals surface area contributed by atoms with Crippen molar-refractivity contribution >= 4 is 11.9 Å². The number of terminal acetylenes is 1. The van der Waals surface area contributed by atoms with E-state index in [0.29, 0.717) is 25.9 Å². The number of ether oxygens (including phenoxy) is 1. The van der Waals surface area contributed by atoms with Gasteiger partial charge in [-0.05, 0) is 18.4 Å². The van der Waals surface area contributed by atoms with Crippen LogP contribution in [-0.2, 0) is 20.9 Å². The van der Waals surface area contributed by atoms with Crippen LogP contribution in [0.3, 0.4) is 0 Å². The van der Waals surface area contributed by atoms with E-state index in [1.54, 1.807) is 0 Å². The Morgan fingerprint density at radius 3 is 2.67 bits per heavy atom. The van der Waals surface area contributed by atoms with Crippen LogP contribution in [0.4, 0.5) is 0 Å². The molecule has 0 heterocycles. The molecule has 1 amide bonds. The van der Waals surface area contributed by atoms with Crippen LogP contribution >= 0.6 is 0 Å². The second-order valence-electron chi connectivity index (χ2n) is 4.53. The van der Waals surface area contributed by atoms with Crippen molar-refractivity contribution in [1.29, 1.82) is 0 Å². The molecule has 1 rings (SSSR count). The fraction of sp³-hybridized carbons (Fsp3) is 0.375. The number of unbranched alkanes of at least 4 members (excludes halogenated alkanes) is 1. The Hall–Kier alpha value is -2.32. The molecule has 0 saturated heterocycles. The van der Waals surface area contributed by atoms with Crippen molar-refractivity contribution in [2.45, 2.75) is 31.9 Å². The summed E-state index contributed by atoms with van der Waals surface area (Å²) in [5, 5.41) is 11.4. The number of carboxylic acid groups (broad SMARTS) is 1. The zero-order valence-electron chi connectivity index (χ0n) is 11.7. The molecule has 0 aromatic heterocycles. The summed E-state index contributed by atoms with van der Waals surface area (Å²) in [5.74, 6) is 0.926. The smallest absolute Gasteiger partial charge is 0.326 e. The van der Waals surface area contributed by atoms with E-state index in [1.165, 1.54) is 0 Å². The van der Waals surface area contributed by atoms with Crippen LogP contribution in [0, 0.1) is 12.3 Å². The summed E-state index contributed by atoms with van der Waals surface area (Å²) in [5.41, 5.74) is 0.953. The number of carboxylic acids is 1. The molecule has 0 radical (unpaired) electrons. The maximum atomic E-state index is 11.6. The van der Waals surface area contributed by atoms with E-state index in [9.17, 15) is 9.59 Å². The molecule has 0 aliphatic heterocycles. The predicted molar refractivity (Wildman–Crippen MR) is 78.3 cm³/mol. The number of hydrogen-bond donors (Lipinski definition) is 2. The molecule has 0 aliphatic carbocycles. The number of nitrogens with one attached hydrogen (secondary N) is 1. The number of carbonyl (C=O) groups excluding carboxylic acids is 1. The zero-order valence-corrected chi connectivity index (χ0v) is 11.7. The molecule has 1 aromatic carbocycles. The lowest BCUT2D eigenvalue weighted by Crippen LogP contribution is -2.42. The first-order valence-corrected chi connectivity index (χ1v) is 6.70. The zero-order chi connectivity index (χ0) is 15.5. The monoisotopic (exact) mass is 289 g/mol. The third-order valence-corrected chi connectivity index (χ3v) is 2.79. The number of carbonyl (C=O) groups is 2. The van der Waals surface area contributed by atoms with E-state index in [0.717, 1.165) is 5.56 Å². The van der Waals surface area contributed by atoms with Gasteiger partial charge in [-0.2, -0.15) is 0 Å². The van der Waals surface area contributed by atoms with Crippen LogP contribution in [0.1, 0.15) is 24.8 Å². The first-order chi connectivity index (χ1) is 10.1. The van der Waals surface area contributed by atoms with Gasteiger partial charge in [0, 0.05) is 6.42 Å². The SMILES string of the molecule is C#CCCC[C@@H](NC(=O)COCc1ccccc1)C(=O)O. The van der Waals surface area contributed by atoms with E-state index in [1.807, 2.05) is 30.3 Å². The van der Waals surface area contributed by atoms with Crippen LogP contribution in [0.15, 0.2) is 30.3 Å². The molecule has 5 heteroatoms. The van der Waals surface area contributed by atoms with Crippen molar-refractivity contribution in [3.8, 4) is 12.3 Å². The van der Waals surface area contributed by atoms with Gasteiger partial charge in [0.1, 0.15) is 12.6 Å². The predicted octanol–water partition coefficient (Wildman–Crippen LogP) is 1.58.